The minimum atomic E-state index is -1.12. The van der Waals surface area contributed by atoms with Gasteiger partial charge < -0.3 is 0 Å². The summed E-state index contributed by atoms with van der Waals surface area (Å²) >= 11 is 0. The average molecular weight is 212 g/mol. The van der Waals surface area contributed by atoms with Crippen LogP contribution in [-0.4, -0.2) is 36.9 Å². The molecule has 0 spiro atoms. The van der Waals surface area contributed by atoms with Gasteiger partial charge in [-0.2, -0.15) is 0 Å². The Bertz CT molecular complexity index is 250. The third-order valence-electron chi connectivity index (χ3n) is 3.11. The number of rotatable bonds is 5. The summed E-state index contributed by atoms with van der Waals surface area (Å²) in [5, 5.41) is 12.2. The van der Waals surface area contributed by atoms with E-state index in [1.54, 1.807) is 0 Å². The van der Waals surface area contributed by atoms with Crippen molar-refractivity contribution in [2.45, 2.75) is 31.1 Å². The molecule has 1 heterocycles. The third-order valence-corrected chi connectivity index (χ3v) is 3.11. The molecule has 0 unspecified atom stereocenters. The fourth-order valence-electron chi connectivity index (χ4n) is 2.05. The number of hydrogen-bond acceptors (Lipinski definition) is 4. The van der Waals surface area contributed by atoms with E-state index >= 15 is 0 Å². The van der Waals surface area contributed by atoms with Crippen LogP contribution in [0.1, 0.15) is 19.3 Å². The van der Waals surface area contributed by atoms with Gasteiger partial charge in [-0.15, -0.1) is 0 Å². The molecule has 1 aliphatic heterocycles. The van der Waals surface area contributed by atoms with E-state index in [4.69, 9.17) is 10.8 Å². The first-order chi connectivity index (χ1) is 7.11. The van der Waals surface area contributed by atoms with E-state index in [1.807, 2.05) is 0 Å². The number of nitrogens with one attached hydrogen (secondary N) is 1. The predicted molar refractivity (Wildman–Crippen MR) is 56.0 cm³/mol. The van der Waals surface area contributed by atoms with Gasteiger partial charge in [-0.05, 0) is 0 Å². The van der Waals surface area contributed by atoms with E-state index in [2.05, 4.69) is 5.32 Å². The molecule has 84 valence electrons. The number of carboxylic acid groups (broad SMARTS) is 1. The van der Waals surface area contributed by atoms with Crippen LogP contribution in [0, 0.1) is 5.92 Å². The molecule has 0 bridgehead atoms. The molecule has 0 saturated carbocycles. The zero-order valence-corrected chi connectivity index (χ0v) is 8.74. The zero-order valence-electron chi connectivity index (χ0n) is 8.74. The summed E-state index contributed by atoms with van der Waals surface area (Å²) in [5.41, 5.74) is 4.78. The second-order valence-corrected chi connectivity index (χ2v) is 4.09. The number of piperidine rings is 1. The van der Waals surface area contributed by atoms with Crippen LogP contribution in [-0.2, 0) is 9.50 Å². The molecule has 2 atom stereocenters. The Hall–Kier alpha value is -0.745. The summed E-state index contributed by atoms with van der Waals surface area (Å²) in [6.45, 7) is 1.27. The average Bonchev–Trinajstić information content (AvgIpc) is 2.21. The van der Waals surface area contributed by atoms with Gasteiger partial charge in [0.1, 0.15) is 0 Å². The monoisotopic (exact) mass is 212 g/mol. The molecule has 1 saturated heterocycles. The Morgan fingerprint density at radius 3 is 3.00 bits per heavy atom. The number of nitrogens with two attached hydrogens (primary N) is 1. The van der Waals surface area contributed by atoms with Crippen LogP contribution in [0.2, 0.25) is 6.32 Å². The Morgan fingerprint density at radius 2 is 2.40 bits per heavy atom. The molecule has 1 fully saturated rings. The van der Waals surface area contributed by atoms with Crippen molar-refractivity contribution in [1.29, 1.82) is 0 Å². The molecule has 0 aromatic rings. The summed E-state index contributed by atoms with van der Waals surface area (Å²) in [6, 6.07) is 0. The van der Waals surface area contributed by atoms with Gasteiger partial charge in [-0.3, -0.25) is 0 Å². The number of carbonyl (C=O) groups is 1. The van der Waals surface area contributed by atoms with Crippen molar-refractivity contribution in [3.05, 3.63) is 0 Å². The molecular formula is C9H17BN2O3. The van der Waals surface area contributed by atoms with Crippen molar-refractivity contribution < 1.29 is 14.6 Å². The van der Waals surface area contributed by atoms with Crippen LogP contribution in [0.5, 0.6) is 0 Å². The second-order valence-electron chi connectivity index (χ2n) is 4.09. The van der Waals surface area contributed by atoms with Crippen molar-refractivity contribution in [3.8, 4) is 0 Å². The fraction of sp³-hybridized carbons (Fsp3) is 0.889. The normalized spacial score (nSPS) is 30.9. The van der Waals surface area contributed by atoms with Crippen molar-refractivity contribution in [1.82, 2.24) is 5.32 Å². The topological polar surface area (TPSA) is 92.4 Å². The maximum absolute atomic E-state index is 11.1. The first-order valence-electron chi connectivity index (χ1n) is 5.28. The van der Waals surface area contributed by atoms with Gasteiger partial charge in [-0.1, -0.05) is 0 Å². The van der Waals surface area contributed by atoms with Gasteiger partial charge in [0.25, 0.3) is 0 Å². The van der Waals surface area contributed by atoms with E-state index in [0.717, 1.165) is 7.15 Å². The van der Waals surface area contributed by atoms with Gasteiger partial charge in [-0.25, -0.2) is 0 Å². The predicted octanol–water partition coefficient (Wildman–Crippen LogP) is -0.374. The zero-order chi connectivity index (χ0) is 11.3. The summed E-state index contributed by atoms with van der Waals surface area (Å²) in [5.74, 6) is -1.01. The molecule has 0 aromatic carbocycles. The van der Waals surface area contributed by atoms with Crippen molar-refractivity contribution in [2.24, 2.45) is 11.7 Å². The molecule has 0 aliphatic carbocycles. The molecule has 0 amide bonds. The van der Waals surface area contributed by atoms with E-state index in [1.165, 1.54) is 0 Å². The van der Waals surface area contributed by atoms with Crippen molar-refractivity contribution in [3.63, 3.8) is 0 Å². The summed E-state index contributed by atoms with van der Waals surface area (Å²) in [7, 11) is 0.856. The Morgan fingerprint density at radius 1 is 1.67 bits per heavy atom. The van der Waals surface area contributed by atoms with Crippen LogP contribution in [0.3, 0.4) is 0 Å². The van der Waals surface area contributed by atoms with Gasteiger partial charge >= 0.3 is 88.9 Å². The third kappa shape index (κ3) is 2.85. The molecular weight excluding hydrogens is 195 g/mol. The number of carboxylic acids is 1. The molecule has 5 nitrogen and oxygen atoms in total. The van der Waals surface area contributed by atoms with Crippen LogP contribution in [0.4, 0.5) is 0 Å². The van der Waals surface area contributed by atoms with Crippen LogP contribution >= 0.6 is 0 Å². The van der Waals surface area contributed by atoms with E-state index in [-0.39, 0.29) is 5.92 Å². The first-order valence-corrected chi connectivity index (χ1v) is 5.28. The van der Waals surface area contributed by atoms with Gasteiger partial charge in [0, 0.05) is 0 Å². The van der Waals surface area contributed by atoms with Gasteiger partial charge in [0.05, 0.1) is 0 Å². The molecule has 0 radical (unpaired) electrons. The molecule has 0 aromatic heterocycles. The summed E-state index contributed by atoms with van der Waals surface area (Å²) < 4.78 is 10.2. The van der Waals surface area contributed by atoms with Crippen LogP contribution < -0.4 is 11.1 Å². The minimum absolute atomic E-state index is 0.0799. The Kier molecular flexibility index (Phi) is 4.41. The second kappa shape index (κ2) is 5.37. The molecule has 4 N–H and O–H groups in total. The van der Waals surface area contributed by atoms with E-state index in [9.17, 15) is 9.50 Å². The van der Waals surface area contributed by atoms with Crippen molar-refractivity contribution >= 4 is 13.1 Å². The molecule has 1 aliphatic rings. The SMILES string of the molecule is N[C@@]1(C(=O)O)CCNC[C@@H]1CCCB=O. The molecule has 1 rings (SSSR count). The quantitative estimate of drug-likeness (QED) is 0.427. The van der Waals surface area contributed by atoms with E-state index < -0.39 is 11.5 Å². The standard InChI is InChI=1S/C9H17BN2O3/c11-9(8(13)14)3-5-12-6-7(9)2-1-4-10-15/h7,12H,1-6,11H2,(H,13,14)/t7-,9-/m0/s1. The Balaban J connectivity index is 2.57. The fourth-order valence-corrected chi connectivity index (χ4v) is 2.05. The summed E-state index contributed by atoms with van der Waals surface area (Å²) in [4.78, 5) is 11.1. The number of hydrogen-bond donors (Lipinski definition) is 3. The first kappa shape index (κ1) is 12.3. The summed E-state index contributed by atoms with van der Waals surface area (Å²) in [6.07, 6.45) is 2.33. The van der Waals surface area contributed by atoms with Crippen LogP contribution in [0.25, 0.3) is 0 Å². The Labute approximate surface area is 89.7 Å². The number of aliphatic carboxylic acids is 1. The van der Waals surface area contributed by atoms with Gasteiger partial charge in [0.15, 0.2) is 0 Å². The molecule has 6 heteroatoms. The maximum atomic E-state index is 11.1. The van der Waals surface area contributed by atoms with E-state index in [0.29, 0.717) is 38.7 Å². The molecule has 15 heavy (non-hydrogen) atoms. The van der Waals surface area contributed by atoms with Gasteiger partial charge in [0.2, 0.25) is 0 Å². The van der Waals surface area contributed by atoms with Crippen molar-refractivity contribution in [2.75, 3.05) is 13.1 Å². The van der Waals surface area contributed by atoms with Crippen LogP contribution in [0.15, 0.2) is 0 Å².